The van der Waals surface area contributed by atoms with Crippen LogP contribution in [0.25, 0.3) is 0 Å². The summed E-state index contributed by atoms with van der Waals surface area (Å²) in [7, 11) is 0. The molecule has 0 aromatic heterocycles. The fraction of sp³-hybridized carbons (Fsp3) is 0.533. The van der Waals surface area contributed by atoms with Crippen molar-refractivity contribution in [3.05, 3.63) is 35.6 Å². The number of thioether (sulfide) groups is 1. The van der Waals surface area contributed by atoms with Crippen LogP contribution in [0.2, 0.25) is 0 Å². The van der Waals surface area contributed by atoms with Gasteiger partial charge in [-0.05, 0) is 17.7 Å². The number of halogens is 1. The Hall–Kier alpha value is -1.11. The predicted octanol–water partition coefficient (Wildman–Crippen LogP) is 1.43. The number of carbonyl (C=O) groups is 1. The van der Waals surface area contributed by atoms with Crippen LogP contribution in [0, 0.1) is 5.82 Å². The number of amides is 1. The number of hydrogen-bond acceptors (Lipinski definition) is 4. The molecule has 2 atom stereocenters. The zero-order valence-corrected chi connectivity index (χ0v) is 12.6. The van der Waals surface area contributed by atoms with Gasteiger partial charge in [-0.2, -0.15) is 11.8 Å². The molecule has 0 aliphatic carbocycles. The minimum absolute atomic E-state index is 0.0873. The lowest BCUT2D eigenvalue weighted by Crippen LogP contribution is -2.53. The molecule has 2 aliphatic heterocycles. The Bertz CT molecular complexity index is 491. The summed E-state index contributed by atoms with van der Waals surface area (Å²) in [6, 6.07) is 6.22. The van der Waals surface area contributed by atoms with Gasteiger partial charge in [-0.25, -0.2) is 4.39 Å². The molecule has 2 aliphatic rings. The third-order valence-electron chi connectivity index (χ3n) is 3.84. The van der Waals surface area contributed by atoms with Crippen molar-refractivity contribution in [3.63, 3.8) is 0 Å². The van der Waals surface area contributed by atoms with Crippen LogP contribution < -0.4 is 5.32 Å². The van der Waals surface area contributed by atoms with Crippen molar-refractivity contribution >= 4 is 17.7 Å². The van der Waals surface area contributed by atoms with E-state index in [1.807, 2.05) is 16.7 Å². The smallest absolute Gasteiger partial charge is 0.240 e. The molecule has 0 spiro atoms. The maximum Gasteiger partial charge on any atom is 0.240 e. The van der Waals surface area contributed by atoms with Crippen molar-refractivity contribution in [3.8, 4) is 0 Å². The summed E-state index contributed by atoms with van der Waals surface area (Å²) in [5.41, 5.74) is 0.917. The quantitative estimate of drug-likeness (QED) is 0.897. The van der Waals surface area contributed by atoms with Gasteiger partial charge in [0, 0.05) is 24.6 Å². The minimum atomic E-state index is -0.258. The molecule has 0 bridgehead atoms. The lowest BCUT2D eigenvalue weighted by molar-refractivity contribution is -0.140. The number of benzene rings is 1. The van der Waals surface area contributed by atoms with Gasteiger partial charge < -0.3 is 15.0 Å². The van der Waals surface area contributed by atoms with E-state index in [1.165, 1.54) is 12.1 Å². The number of nitrogens with zero attached hydrogens (tertiary/aromatic N) is 1. The number of carbonyl (C=O) groups excluding carboxylic acids is 1. The highest BCUT2D eigenvalue weighted by Crippen LogP contribution is 2.23. The maximum absolute atomic E-state index is 13.0. The summed E-state index contributed by atoms with van der Waals surface area (Å²) < 4.78 is 18.7. The maximum atomic E-state index is 13.0. The molecule has 0 saturated carbocycles. The summed E-state index contributed by atoms with van der Waals surface area (Å²) in [6.45, 7) is 2.56. The third kappa shape index (κ3) is 3.56. The highest BCUT2D eigenvalue weighted by atomic mass is 32.2. The first-order valence-electron chi connectivity index (χ1n) is 7.21. The monoisotopic (exact) mass is 310 g/mol. The van der Waals surface area contributed by atoms with E-state index in [9.17, 15) is 9.18 Å². The highest BCUT2D eigenvalue weighted by molar-refractivity contribution is 7.99. The molecule has 1 aromatic rings. The van der Waals surface area contributed by atoms with E-state index in [4.69, 9.17) is 4.74 Å². The second-order valence-corrected chi connectivity index (χ2v) is 6.43. The van der Waals surface area contributed by atoms with Gasteiger partial charge in [0.2, 0.25) is 5.91 Å². The zero-order chi connectivity index (χ0) is 14.7. The highest BCUT2D eigenvalue weighted by Gasteiger charge is 2.30. The summed E-state index contributed by atoms with van der Waals surface area (Å²) >= 11 is 1.81. The Morgan fingerprint density at radius 2 is 2.19 bits per heavy atom. The molecule has 4 nitrogen and oxygen atoms in total. The van der Waals surface area contributed by atoms with E-state index < -0.39 is 0 Å². The molecule has 114 valence electrons. The summed E-state index contributed by atoms with van der Waals surface area (Å²) in [4.78, 5) is 14.4. The molecule has 1 amide bonds. The topological polar surface area (TPSA) is 41.6 Å². The standard InChI is InChI=1S/C15H19FN2O2S/c16-12-3-1-11(2-4-12)14-9-18(6-7-20-14)15(19)13-10-21-8-5-17-13/h1-4,13-14,17H,5-10H2. The first kappa shape index (κ1) is 14.8. The molecule has 2 fully saturated rings. The van der Waals surface area contributed by atoms with Gasteiger partial charge in [0.1, 0.15) is 11.9 Å². The first-order chi connectivity index (χ1) is 10.2. The van der Waals surface area contributed by atoms with E-state index in [0.717, 1.165) is 23.6 Å². The Morgan fingerprint density at radius 3 is 2.90 bits per heavy atom. The van der Waals surface area contributed by atoms with Crippen molar-refractivity contribution in [1.29, 1.82) is 0 Å². The van der Waals surface area contributed by atoms with Crippen molar-refractivity contribution in [2.45, 2.75) is 12.1 Å². The normalized spacial score (nSPS) is 26.6. The second kappa shape index (κ2) is 6.77. The minimum Gasteiger partial charge on any atom is -0.370 e. The number of ether oxygens (including phenoxy) is 1. The lowest BCUT2D eigenvalue weighted by Gasteiger charge is -2.36. The molecule has 3 rings (SSSR count). The van der Waals surface area contributed by atoms with Crippen molar-refractivity contribution < 1.29 is 13.9 Å². The van der Waals surface area contributed by atoms with Gasteiger partial charge in [0.05, 0.1) is 19.2 Å². The number of morpholine rings is 1. The van der Waals surface area contributed by atoms with Crippen LogP contribution in [-0.2, 0) is 9.53 Å². The van der Waals surface area contributed by atoms with Crippen molar-refractivity contribution in [2.75, 3.05) is 37.7 Å². The van der Waals surface area contributed by atoms with E-state index >= 15 is 0 Å². The largest absolute Gasteiger partial charge is 0.370 e. The number of rotatable bonds is 2. The Morgan fingerprint density at radius 1 is 1.38 bits per heavy atom. The molecule has 2 heterocycles. The van der Waals surface area contributed by atoms with E-state index in [0.29, 0.717) is 19.7 Å². The van der Waals surface area contributed by atoms with Crippen LogP contribution in [0.15, 0.2) is 24.3 Å². The fourth-order valence-electron chi connectivity index (χ4n) is 2.67. The van der Waals surface area contributed by atoms with Crippen LogP contribution >= 0.6 is 11.8 Å². The SMILES string of the molecule is O=C(C1CSCCN1)N1CCOC(c2ccc(F)cc2)C1. The molecule has 1 aromatic carbocycles. The molecule has 1 N–H and O–H groups in total. The molecule has 21 heavy (non-hydrogen) atoms. The lowest BCUT2D eigenvalue weighted by atomic mass is 10.1. The Balaban J connectivity index is 1.64. The number of nitrogens with one attached hydrogen (secondary N) is 1. The zero-order valence-electron chi connectivity index (χ0n) is 11.8. The molecular formula is C15H19FN2O2S. The second-order valence-electron chi connectivity index (χ2n) is 5.28. The molecule has 2 saturated heterocycles. The van der Waals surface area contributed by atoms with Gasteiger partial charge in [-0.15, -0.1) is 0 Å². The Kier molecular flexibility index (Phi) is 4.77. The molecular weight excluding hydrogens is 291 g/mol. The van der Waals surface area contributed by atoms with Gasteiger partial charge in [-0.3, -0.25) is 4.79 Å². The summed E-state index contributed by atoms with van der Waals surface area (Å²) in [6.07, 6.45) is -0.167. The van der Waals surface area contributed by atoms with Gasteiger partial charge in [0.25, 0.3) is 0 Å². The average molecular weight is 310 g/mol. The van der Waals surface area contributed by atoms with Gasteiger partial charge in [-0.1, -0.05) is 12.1 Å². The predicted molar refractivity (Wildman–Crippen MR) is 80.8 cm³/mol. The van der Waals surface area contributed by atoms with Gasteiger partial charge >= 0.3 is 0 Å². The van der Waals surface area contributed by atoms with E-state index in [2.05, 4.69) is 5.32 Å². The summed E-state index contributed by atoms with van der Waals surface area (Å²) in [5, 5.41) is 3.28. The van der Waals surface area contributed by atoms with Crippen LogP contribution in [0.4, 0.5) is 4.39 Å². The van der Waals surface area contributed by atoms with Crippen LogP contribution in [0.5, 0.6) is 0 Å². The third-order valence-corrected chi connectivity index (χ3v) is 4.90. The Labute approximate surface area is 128 Å². The van der Waals surface area contributed by atoms with Crippen LogP contribution in [0.3, 0.4) is 0 Å². The molecule has 6 heteroatoms. The average Bonchev–Trinajstić information content (AvgIpc) is 2.56. The van der Waals surface area contributed by atoms with Crippen molar-refractivity contribution in [1.82, 2.24) is 10.2 Å². The fourth-order valence-corrected chi connectivity index (χ4v) is 3.60. The molecule has 0 radical (unpaired) electrons. The van der Waals surface area contributed by atoms with Crippen molar-refractivity contribution in [2.24, 2.45) is 0 Å². The van der Waals surface area contributed by atoms with E-state index in [1.54, 1.807) is 12.1 Å². The van der Waals surface area contributed by atoms with E-state index in [-0.39, 0.29) is 23.9 Å². The van der Waals surface area contributed by atoms with Gasteiger partial charge in [0.15, 0.2) is 0 Å². The van der Waals surface area contributed by atoms with Crippen LogP contribution in [-0.4, -0.2) is 54.6 Å². The first-order valence-corrected chi connectivity index (χ1v) is 8.36. The molecule has 2 unspecified atom stereocenters. The summed E-state index contributed by atoms with van der Waals surface area (Å²) in [5.74, 6) is 1.78. The van der Waals surface area contributed by atoms with Crippen LogP contribution in [0.1, 0.15) is 11.7 Å². The number of hydrogen-bond donors (Lipinski definition) is 1.